The van der Waals surface area contributed by atoms with Gasteiger partial charge in [0, 0.05) is 0 Å². The van der Waals surface area contributed by atoms with Gasteiger partial charge in [0.05, 0.1) is 0 Å². The molecule has 0 spiro atoms. The van der Waals surface area contributed by atoms with Gasteiger partial charge in [-0.25, -0.2) is 0 Å². The summed E-state index contributed by atoms with van der Waals surface area (Å²) in [4.78, 5) is 0. The van der Waals surface area contributed by atoms with Gasteiger partial charge in [-0.15, -0.1) is 0 Å². The molecular weight excluding hydrogens is 120 g/mol. The maximum atomic E-state index is 2.52. The van der Waals surface area contributed by atoms with Crippen LogP contribution in [0.15, 0.2) is 11.6 Å². The average molecular weight is 136 g/mol. The van der Waals surface area contributed by atoms with E-state index in [0.717, 1.165) is 5.92 Å². The van der Waals surface area contributed by atoms with Crippen LogP contribution in [0, 0.1) is 5.92 Å². The molecule has 10 heavy (non-hydrogen) atoms. The monoisotopic (exact) mass is 136 g/mol. The molecule has 0 heterocycles. The molecule has 2 aliphatic carbocycles. The van der Waals surface area contributed by atoms with Crippen molar-refractivity contribution in [2.24, 2.45) is 5.92 Å². The number of allylic oxidation sites excluding steroid dienone is 2. The van der Waals surface area contributed by atoms with Crippen molar-refractivity contribution in [1.82, 2.24) is 0 Å². The highest BCUT2D eigenvalue weighted by molar-refractivity contribution is 5.06. The lowest BCUT2D eigenvalue weighted by Gasteiger charge is -2.13. The highest BCUT2D eigenvalue weighted by Crippen LogP contribution is 2.32. The van der Waals surface area contributed by atoms with Crippen LogP contribution in [0.25, 0.3) is 0 Å². The molecule has 0 saturated heterocycles. The second kappa shape index (κ2) is 2.77. The molecule has 0 fully saturated rings. The van der Waals surface area contributed by atoms with Crippen LogP contribution in [0.3, 0.4) is 0 Å². The first kappa shape index (κ1) is 6.45. The molecule has 0 aromatic heterocycles. The number of hydrogen-bond acceptors (Lipinski definition) is 0. The van der Waals surface area contributed by atoms with E-state index in [1.807, 2.05) is 0 Å². The Balaban J connectivity index is 2.11. The predicted molar refractivity (Wildman–Crippen MR) is 43.9 cm³/mol. The molecule has 2 rings (SSSR count). The van der Waals surface area contributed by atoms with Crippen molar-refractivity contribution in [1.29, 1.82) is 0 Å². The Morgan fingerprint density at radius 2 is 1.80 bits per heavy atom. The first-order chi connectivity index (χ1) is 4.95. The Bertz CT molecular complexity index is 132. The fraction of sp³-hybridized carbons (Fsp3) is 0.800. The minimum atomic E-state index is 1.06. The second-order valence-electron chi connectivity index (χ2n) is 3.75. The van der Waals surface area contributed by atoms with Gasteiger partial charge in [0.15, 0.2) is 0 Å². The molecule has 0 heteroatoms. The molecule has 0 atom stereocenters. The first-order valence-corrected chi connectivity index (χ1v) is 4.63. The largest absolute Gasteiger partial charge is 0.0851 e. The molecule has 0 aromatic rings. The summed E-state index contributed by atoms with van der Waals surface area (Å²) in [6, 6.07) is 0. The molecule has 56 valence electrons. The minimum absolute atomic E-state index is 1.06. The third-order valence-electron chi connectivity index (χ3n) is 2.96. The van der Waals surface area contributed by atoms with Crippen LogP contribution in [0.1, 0.15) is 44.9 Å². The SMILES string of the molecule is C1=C2CCCC(C1)CCC2. The van der Waals surface area contributed by atoms with Gasteiger partial charge in [-0.3, -0.25) is 0 Å². The topological polar surface area (TPSA) is 0 Å². The van der Waals surface area contributed by atoms with E-state index in [0.29, 0.717) is 0 Å². The van der Waals surface area contributed by atoms with E-state index in [2.05, 4.69) is 6.08 Å². The van der Waals surface area contributed by atoms with Crippen molar-refractivity contribution < 1.29 is 0 Å². The number of hydrogen-bond donors (Lipinski definition) is 0. The van der Waals surface area contributed by atoms with E-state index in [4.69, 9.17) is 0 Å². The van der Waals surface area contributed by atoms with Crippen molar-refractivity contribution in [2.75, 3.05) is 0 Å². The van der Waals surface area contributed by atoms with Crippen molar-refractivity contribution in [3.63, 3.8) is 0 Å². The average Bonchev–Trinajstić information content (AvgIpc) is 2.17. The maximum absolute atomic E-state index is 2.52. The van der Waals surface area contributed by atoms with E-state index in [1.54, 1.807) is 5.57 Å². The van der Waals surface area contributed by atoms with Gasteiger partial charge in [0.1, 0.15) is 0 Å². The van der Waals surface area contributed by atoms with Crippen LogP contribution in [0.5, 0.6) is 0 Å². The van der Waals surface area contributed by atoms with Gasteiger partial charge in [-0.1, -0.05) is 11.6 Å². The fourth-order valence-corrected chi connectivity index (χ4v) is 2.28. The molecule has 0 radical (unpaired) electrons. The fourth-order valence-electron chi connectivity index (χ4n) is 2.28. The molecule has 0 aliphatic heterocycles. The minimum Gasteiger partial charge on any atom is -0.0851 e. The maximum Gasteiger partial charge on any atom is -0.0320 e. The zero-order valence-electron chi connectivity index (χ0n) is 6.60. The van der Waals surface area contributed by atoms with Crippen LogP contribution < -0.4 is 0 Å². The zero-order chi connectivity index (χ0) is 6.81. The van der Waals surface area contributed by atoms with Crippen molar-refractivity contribution in [3.05, 3.63) is 11.6 Å². The Hall–Kier alpha value is -0.260. The van der Waals surface area contributed by atoms with Gasteiger partial charge >= 0.3 is 0 Å². The van der Waals surface area contributed by atoms with Crippen LogP contribution in [0.4, 0.5) is 0 Å². The van der Waals surface area contributed by atoms with E-state index in [9.17, 15) is 0 Å². The molecule has 0 unspecified atom stereocenters. The number of fused-ring (bicyclic) bond motifs is 2. The van der Waals surface area contributed by atoms with Gasteiger partial charge in [0.25, 0.3) is 0 Å². The van der Waals surface area contributed by atoms with Gasteiger partial charge in [-0.2, -0.15) is 0 Å². The van der Waals surface area contributed by atoms with E-state index >= 15 is 0 Å². The zero-order valence-corrected chi connectivity index (χ0v) is 6.60. The summed E-state index contributed by atoms with van der Waals surface area (Å²) in [6.45, 7) is 0. The van der Waals surface area contributed by atoms with Crippen LogP contribution >= 0.6 is 0 Å². The molecule has 2 bridgehead atoms. The number of rotatable bonds is 0. The van der Waals surface area contributed by atoms with Gasteiger partial charge in [0.2, 0.25) is 0 Å². The highest BCUT2D eigenvalue weighted by Gasteiger charge is 2.15. The Labute approximate surface area is 63.3 Å². The summed E-state index contributed by atoms with van der Waals surface area (Å²) >= 11 is 0. The normalized spacial score (nSPS) is 27.4. The third-order valence-corrected chi connectivity index (χ3v) is 2.96. The third kappa shape index (κ3) is 1.25. The standard InChI is InChI=1S/C10H16/c1-3-9-5-2-6-10(4-1)8-7-9/h7,10H,1-6,8H2. The van der Waals surface area contributed by atoms with Crippen LogP contribution in [0.2, 0.25) is 0 Å². The summed E-state index contributed by atoms with van der Waals surface area (Å²) in [5, 5.41) is 0. The predicted octanol–water partition coefficient (Wildman–Crippen LogP) is 3.29. The smallest absolute Gasteiger partial charge is 0.0320 e. The highest BCUT2D eigenvalue weighted by atomic mass is 14.2. The molecule has 0 nitrogen and oxygen atoms in total. The van der Waals surface area contributed by atoms with Crippen molar-refractivity contribution in [3.8, 4) is 0 Å². The summed E-state index contributed by atoms with van der Waals surface area (Å²) in [5.41, 5.74) is 1.76. The summed E-state index contributed by atoms with van der Waals surface area (Å²) < 4.78 is 0. The van der Waals surface area contributed by atoms with E-state index < -0.39 is 0 Å². The van der Waals surface area contributed by atoms with Gasteiger partial charge < -0.3 is 0 Å². The van der Waals surface area contributed by atoms with E-state index in [1.165, 1.54) is 44.9 Å². The lowest BCUT2D eigenvalue weighted by atomic mass is 9.93. The Kier molecular flexibility index (Phi) is 1.79. The Morgan fingerprint density at radius 1 is 1.10 bits per heavy atom. The van der Waals surface area contributed by atoms with Gasteiger partial charge in [-0.05, 0) is 50.9 Å². The van der Waals surface area contributed by atoms with Crippen molar-refractivity contribution in [2.45, 2.75) is 44.9 Å². The summed E-state index contributed by atoms with van der Waals surface area (Å²) in [5.74, 6) is 1.06. The molecule has 0 N–H and O–H groups in total. The summed E-state index contributed by atoms with van der Waals surface area (Å²) in [6.07, 6.45) is 12.7. The Morgan fingerprint density at radius 3 is 2.50 bits per heavy atom. The second-order valence-corrected chi connectivity index (χ2v) is 3.75. The molecule has 0 saturated carbocycles. The molecule has 2 aliphatic rings. The first-order valence-electron chi connectivity index (χ1n) is 4.63. The molecular formula is C10H16. The van der Waals surface area contributed by atoms with Crippen molar-refractivity contribution >= 4 is 0 Å². The molecule has 0 amide bonds. The van der Waals surface area contributed by atoms with E-state index in [-0.39, 0.29) is 0 Å². The quantitative estimate of drug-likeness (QED) is 0.448. The van der Waals surface area contributed by atoms with Crippen LogP contribution in [-0.4, -0.2) is 0 Å². The lowest BCUT2D eigenvalue weighted by Crippen LogP contribution is -1.98. The lowest BCUT2D eigenvalue weighted by molar-refractivity contribution is 0.428. The summed E-state index contributed by atoms with van der Waals surface area (Å²) in [7, 11) is 0. The van der Waals surface area contributed by atoms with Crippen LogP contribution in [-0.2, 0) is 0 Å². The molecule has 0 aromatic carbocycles.